The number of benzene rings is 1. The number of nitrogens with zero attached hydrogens (tertiary/aromatic N) is 1. The molecule has 1 aliphatic rings. The summed E-state index contributed by atoms with van der Waals surface area (Å²) < 4.78 is 34.6. The lowest BCUT2D eigenvalue weighted by Gasteiger charge is -2.16. The fourth-order valence-electron chi connectivity index (χ4n) is 2.12. The highest BCUT2D eigenvalue weighted by atomic mass is 32.3. The zero-order chi connectivity index (χ0) is 14.9. The molecule has 0 aromatic heterocycles. The molecule has 1 fully saturated rings. The van der Waals surface area contributed by atoms with Crippen LogP contribution in [-0.2, 0) is 26.2 Å². The number of rotatable bonds is 4. The number of carbonyl (C=O) groups excluding carboxylic acids is 1. The second-order valence-corrected chi connectivity index (χ2v) is 6.16. The number of amides is 1. The summed E-state index contributed by atoms with van der Waals surface area (Å²) in [5.41, 5.74) is 0.856. The smallest absolute Gasteiger partial charge is 0.307 e. The SMILES string of the molecule is O=C(O)Cc1cccc(N2CC(S(=O)(=O)F)CC2=O)c1. The van der Waals surface area contributed by atoms with E-state index in [1.165, 1.54) is 6.07 Å². The Labute approximate surface area is 115 Å². The second kappa shape index (κ2) is 5.20. The minimum Gasteiger partial charge on any atom is -0.481 e. The molecule has 1 heterocycles. The van der Waals surface area contributed by atoms with E-state index < -0.39 is 33.8 Å². The summed E-state index contributed by atoms with van der Waals surface area (Å²) in [7, 11) is -4.76. The summed E-state index contributed by atoms with van der Waals surface area (Å²) in [5, 5.41) is 7.35. The molecule has 6 nitrogen and oxygen atoms in total. The molecule has 1 saturated heterocycles. The molecular formula is C12H12FNO5S. The number of carboxylic acids is 1. The van der Waals surface area contributed by atoms with E-state index >= 15 is 0 Å². The summed E-state index contributed by atoms with van der Waals surface area (Å²) >= 11 is 0. The number of carbonyl (C=O) groups is 2. The Morgan fingerprint density at radius 1 is 1.45 bits per heavy atom. The van der Waals surface area contributed by atoms with Gasteiger partial charge in [0.05, 0.1) is 6.42 Å². The van der Waals surface area contributed by atoms with Gasteiger partial charge in [0.1, 0.15) is 5.25 Å². The second-order valence-electron chi connectivity index (χ2n) is 4.55. The molecule has 0 spiro atoms. The minimum absolute atomic E-state index is 0.208. The van der Waals surface area contributed by atoms with Gasteiger partial charge in [0.25, 0.3) is 0 Å². The molecule has 0 aliphatic carbocycles. The molecule has 20 heavy (non-hydrogen) atoms. The van der Waals surface area contributed by atoms with Crippen molar-refractivity contribution in [2.75, 3.05) is 11.4 Å². The first-order chi connectivity index (χ1) is 9.27. The number of halogens is 1. The van der Waals surface area contributed by atoms with Gasteiger partial charge in [-0.2, -0.15) is 8.42 Å². The quantitative estimate of drug-likeness (QED) is 0.827. The van der Waals surface area contributed by atoms with Crippen molar-refractivity contribution < 1.29 is 27.0 Å². The van der Waals surface area contributed by atoms with Crippen LogP contribution in [0.25, 0.3) is 0 Å². The minimum atomic E-state index is -4.76. The lowest BCUT2D eigenvalue weighted by atomic mass is 10.1. The van der Waals surface area contributed by atoms with Gasteiger partial charge in [-0.15, -0.1) is 3.89 Å². The van der Waals surface area contributed by atoms with Gasteiger partial charge in [0.15, 0.2) is 0 Å². The molecule has 8 heteroatoms. The monoisotopic (exact) mass is 301 g/mol. The van der Waals surface area contributed by atoms with E-state index in [9.17, 15) is 21.9 Å². The van der Waals surface area contributed by atoms with Crippen LogP contribution < -0.4 is 4.90 Å². The first-order valence-corrected chi connectivity index (χ1v) is 7.26. The van der Waals surface area contributed by atoms with Gasteiger partial charge < -0.3 is 10.0 Å². The zero-order valence-electron chi connectivity index (χ0n) is 10.3. The van der Waals surface area contributed by atoms with Crippen LogP contribution in [0.4, 0.5) is 9.57 Å². The molecule has 0 bridgehead atoms. The van der Waals surface area contributed by atoms with Crippen molar-refractivity contribution in [1.82, 2.24) is 0 Å². The van der Waals surface area contributed by atoms with Gasteiger partial charge >= 0.3 is 16.2 Å². The van der Waals surface area contributed by atoms with Crippen molar-refractivity contribution in [3.8, 4) is 0 Å². The molecule has 1 amide bonds. The third kappa shape index (κ3) is 3.13. The molecule has 1 atom stereocenters. The Kier molecular flexibility index (Phi) is 3.76. The molecule has 108 valence electrons. The lowest BCUT2D eigenvalue weighted by molar-refractivity contribution is -0.136. The summed E-state index contributed by atoms with van der Waals surface area (Å²) in [6.45, 7) is -0.256. The maximum absolute atomic E-state index is 12.9. The molecule has 1 aliphatic heterocycles. The average Bonchev–Trinajstić information content (AvgIpc) is 2.70. The first-order valence-electron chi connectivity index (χ1n) is 5.82. The summed E-state index contributed by atoms with van der Waals surface area (Å²) in [6, 6.07) is 6.19. The number of aliphatic carboxylic acids is 1. The first kappa shape index (κ1) is 14.4. The lowest BCUT2D eigenvalue weighted by Crippen LogP contribution is -2.27. The van der Waals surface area contributed by atoms with Gasteiger partial charge in [-0.25, -0.2) is 0 Å². The van der Waals surface area contributed by atoms with Crippen molar-refractivity contribution in [2.45, 2.75) is 18.1 Å². The Hall–Kier alpha value is -1.96. The Bertz CT molecular complexity index is 658. The van der Waals surface area contributed by atoms with Crippen LogP contribution in [0.5, 0.6) is 0 Å². The maximum atomic E-state index is 12.9. The van der Waals surface area contributed by atoms with E-state index in [-0.39, 0.29) is 13.0 Å². The van der Waals surface area contributed by atoms with Crippen LogP contribution in [0.2, 0.25) is 0 Å². The van der Waals surface area contributed by atoms with E-state index in [2.05, 4.69) is 0 Å². The van der Waals surface area contributed by atoms with Crippen molar-refractivity contribution in [3.05, 3.63) is 29.8 Å². The van der Waals surface area contributed by atoms with E-state index in [4.69, 9.17) is 5.11 Å². The fraction of sp³-hybridized carbons (Fsp3) is 0.333. The normalized spacial score (nSPS) is 19.4. The number of anilines is 1. The van der Waals surface area contributed by atoms with E-state index in [1.54, 1.807) is 18.2 Å². The standard InChI is InChI=1S/C12H12FNO5S/c13-20(18,19)10-6-11(15)14(7-10)9-3-1-2-8(4-9)5-12(16)17/h1-4,10H,5-7H2,(H,16,17). The van der Waals surface area contributed by atoms with Crippen molar-refractivity contribution in [3.63, 3.8) is 0 Å². The van der Waals surface area contributed by atoms with Crippen LogP contribution in [0, 0.1) is 0 Å². The third-order valence-corrected chi connectivity index (χ3v) is 4.18. The predicted molar refractivity (Wildman–Crippen MR) is 68.6 cm³/mol. The van der Waals surface area contributed by atoms with E-state index in [0.717, 1.165) is 4.90 Å². The Morgan fingerprint density at radius 2 is 2.15 bits per heavy atom. The van der Waals surface area contributed by atoms with Gasteiger partial charge in [-0.3, -0.25) is 9.59 Å². The number of carboxylic acid groups (broad SMARTS) is 1. The van der Waals surface area contributed by atoms with Crippen LogP contribution in [0.3, 0.4) is 0 Å². The fourth-order valence-corrected chi connectivity index (χ4v) is 2.79. The molecule has 0 saturated carbocycles. The highest BCUT2D eigenvalue weighted by Crippen LogP contribution is 2.26. The zero-order valence-corrected chi connectivity index (χ0v) is 11.1. The molecule has 1 aromatic carbocycles. The number of hydrogen-bond acceptors (Lipinski definition) is 4. The van der Waals surface area contributed by atoms with Crippen molar-refractivity contribution in [2.24, 2.45) is 0 Å². The summed E-state index contributed by atoms with van der Waals surface area (Å²) in [6.07, 6.45) is -0.608. The molecule has 1 unspecified atom stereocenters. The molecule has 1 N–H and O–H groups in total. The van der Waals surface area contributed by atoms with Crippen molar-refractivity contribution in [1.29, 1.82) is 0 Å². The highest BCUT2D eigenvalue weighted by molar-refractivity contribution is 7.87. The number of hydrogen-bond donors (Lipinski definition) is 1. The van der Waals surface area contributed by atoms with Gasteiger partial charge in [-0.1, -0.05) is 12.1 Å². The van der Waals surface area contributed by atoms with Crippen LogP contribution in [-0.4, -0.2) is 37.2 Å². The molecule has 1 aromatic rings. The van der Waals surface area contributed by atoms with Gasteiger partial charge in [0, 0.05) is 18.7 Å². The van der Waals surface area contributed by atoms with Crippen LogP contribution >= 0.6 is 0 Å². The van der Waals surface area contributed by atoms with Gasteiger partial charge in [0.2, 0.25) is 5.91 Å². The Balaban J connectivity index is 2.24. The average molecular weight is 301 g/mol. The van der Waals surface area contributed by atoms with Crippen LogP contribution in [0.15, 0.2) is 24.3 Å². The third-order valence-electron chi connectivity index (χ3n) is 3.07. The Morgan fingerprint density at radius 3 is 2.70 bits per heavy atom. The van der Waals surface area contributed by atoms with E-state index in [0.29, 0.717) is 11.3 Å². The largest absolute Gasteiger partial charge is 0.481 e. The predicted octanol–water partition coefficient (Wildman–Crippen LogP) is 0.718. The molecular weight excluding hydrogens is 289 g/mol. The van der Waals surface area contributed by atoms with Crippen LogP contribution in [0.1, 0.15) is 12.0 Å². The summed E-state index contributed by atoms with van der Waals surface area (Å²) in [4.78, 5) is 23.5. The van der Waals surface area contributed by atoms with E-state index in [1.807, 2.05) is 0 Å². The summed E-state index contributed by atoms with van der Waals surface area (Å²) in [5.74, 6) is -1.51. The highest BCUT2D eigenvalue weighted by Gasteiger charge is 2.39. The van der Waals surface area contributed by atoms with Gasteiger partial charge in [-0.05, 0) is 17.7 Å². The van der Waals surface area contributed by atoms with Crippen molar-refractivity contribution >= 4 is 27.8 Å². The topological polar surface area (TPSA) is 91.8 Å². The molecule has 0 radical (unpaired) electrons. The maximum Gasteiger partial charge on any atom is 0.307 e. The molecule has 2 rings (SSSR count).